The third-order valence-electron chi connectivity index (χ3n) is 3.53. The summed E-state index contributed by atoms with van der Waals surface area (Å²) in [4.78, 5) is 0. The zero-order valence-corrected chi connectivity index (χ0v) is 14.7. The molecule has 0 spiro atoms. The zero-order valence-electron chi connectivity index (χ0n) is 13.2. The lowest BCUT2D eigenvalue weighted by Gasteiger charge is -2.14. The Bertz CT molecular complexity index is 571. The van der Waals surface area contributed by atoms with Gasteiger partial charge in [0.15, 0.2) is 0 Å². The van der Waals surface area contributed by atoms with Gasteiger partial charge in [-0.05, 0) is 41.8 Å². The van der Waals surface area contributed by atoms with Crippen LogP contribution in [0.2, 0.25) is 5.02 Å². The van der Waals surface area contributed by atoms with Gasteiger partial charge in [0.25, 0.3) is 0 Å². The first-order valence-corrected chi connectivity index (χ1v) is 7.89. The highest BCUT2D eigenvalue weighted by Gasteiger charge is 2.04. The monoisotopic (exact) mass is 355 g/mol. The van der Waals surface area contributed by atoms with Gasteiger partial charge >= 0.3 is 0 Å². The van der Waals surface area contributed by atoms with E-state index < -0.39 is 0 Å². The lowest BCUT2D eigenvalue weighted by Crippen LogP contribution is -2.31. The number of hydrogen-bond acceptors (Lipinski definition) is 3. The van der Waals surface area contributed by atoms with Crippen LogP contribution in [0.15, 0.2) is 48.5 Å². The summed E-state index contributed by atoms with van der Waals surface area (Å²) < 4.78 is 5.81. The van der Waals surface area contributed by atoms with E-state index in [1.54, 1.807) is 0 Å². The number of benzene rings is 2. The molecule has 0 aliphatic rings. The number of nitrogens with one attached hydrogen (secondary N) is 1. The molecule has 0 aliphatic heterocycles. The Kier molecular flexibility index (Phi) is 9.03. The molecular formula is C18H23Cl2NO2. The summed E-state index contributed by atoms with van der Waals surface area (Å²) in [7, 11) is 0. The minimum atomic E-state index is 0. The smallest absolute Gasteiger partial charge is 0.120 e. The van der Waals surface area contributed by atoms with Crippen molar-refractivity contribution in [2.75, 3.05) is 6.61 Å². The van der Waals surface area contributed by atoms with E-state index in [-0.39, 0.29) is 25.1 Å². The number of rotatable bonds is 8. The number of hydrogen-bond donors (Lipinski definition) is 2. The van der Waals surface area contributed by atoms with Gasteiger partial charge < -0.3 is 15.2 Å². The van der Waals surface area contributed by atoms with Gasteiger partial charge in [0, 0.05) is 17.6 Å². The van der Waals surface area contributed by atoms with E-state index in [1.165, 1.54) is 0 Å². The molecule has 3 nitrogen and oxygen atoms in total. The van der Waals surface area contributed by atoms with Gasteiger partial charge in [-0.2, -0.15) is 0 Å². The maximum absolute atomic E-state index is 9.19. The molecule has 0 aliphatic carbocycles. The van der Waals surface area contributed by atoms with Gasteiger partial charge in [-0.15, -0.1) is 12.4 Å². The number of aliphatic hydroxyl groups is 1. The Labute approximate surface area is 149 Å². The van der Waals surface area contributed by atoms with Gasteiger partial charge in [0.05, 0.1) is 6.61 Å². The van der Waals surface area contributed by atoms with Crippen molar-refractivity contribution in [3.05, 3.63) is 64.7 Å². The quantitative estimate of drug-likeness (QED) is 0.745. The third kappa shape index (κ3) is 6.80. The maximum Gasteiger partial charge on any atom is 0.120 e. The summed E-state index contributed by atoms with van der Waals surface area (Å²) in [5.74, 6) is 0.839. The average molecular weight is 356 g/mol. The van der Waals surface area contributed by atoms with Crippen molar-refractivity contribution in [3.63, 3.8) is 0 Å². The van der Waals surface area contributed by atoms with Crippen LogP contribution in [0.4, 0.5) is 0 Å². The molecule has 2 aromatic carbocycles. The topological polar surface area (TPSA) is 41.5 Å². The summed E-state index contributed by atoms with van der Waals surface area (Å²) in [5, 5.41) is 13.2. The van der Waals surface area contributed by atoms with Crippen LogP contribution in [-0.2, 0) is 13.2 Å². The van der Waals surface area contributed by atoms with Crippen LogP contribution >= 0.6 is 24.0 Å². The van der Waals surface area contributed by atoms with Crippen molar-refractivity contribution in [3.8, 4) is 5.75 Å². The molecule has 0 saturated heterocycles. The van der Waals surface area contributed by atoms with E-state index in [2.05, 4.69) is 12.2 Å². The van der Waals surface area contributed by atoms with Crippen molar-refractivity contribution in [1.29, 1.82) is 0 Å². The Morgan fingerprint density at radius 1 is 1.13 bits per heavy atom. The van der Waals surface area contributed by atoms with Crippen LogP contribution in [0.25, 0.3) is 0 Å². The van der Waals surface area contributed by atoms with Crippen molar-refractivity contribution in [2.24, 2.45) is 0 Å². The van der Waals surface area contributed by atoms with Crippen molar-refractivity contribution < 1.29 is 9.84 Å². The lowest BCUT2D eigenvalue weighted by molar-refractivity contribution is 0.238. The van der Waals surface area contributed by atoms with E-state index >= 15 is 0 Å². The summed E-state index contributed by atoms with van der Waals surface area (Å²) in [6, 6.07) is 15.8. The molecule has 0 bridgehead atoms. The van der Waals surface area contributed by atoms with E-state index in [1.807, 2.05) is 48.5 Å². The van der Waals surface area contributed by atoms with Crippen LogP contribution in [0.5, 0.6) is 5.75 Å². The van der Waals surface area contributed by atoms with Crippen LogP contribution in [0, 0.1) is 0 Å². The highest BCUT2D eigenvalue weighted by molar-refractivity contribution is 6.30. The van der Waals surface area contributed by atoms with E-state index in [0.717, 1.165) is 34.9 Å². The second-order valence-electron chi connectivity index (χ2n) is 5.23. The Morgan fingerprint density at radius 3 is 2.52 bits per heavy atom. The number of aliphatic hydroxyl groups excluding tert-OH is 1. The molecule has 0 aromatic heterocycles. The molecule has 0 amide bonds. The van der Waals surface area contributed by atoms with E-state index in [0.29, 0.717) is 6.61 Å². The van der Waals surface area contributed by atoms with Crippen molar-refractivity contribution in [1.82, 2.24) is 5.32 Å². The average Bonchev–Trinajstić information content (AvgIpc) is 2.56. The van der Waals surface area contributed by atoms with E-state index in [4.69, 9.17) is 16.3 Å². The van der Waals surface area contributed by atoms with Crippen LogP contribution in [0.1, 0.15) is 24.5 Å². The molecular weight excluding hydrogens is 333 g/mol. The van der Waals surface area contributed by atoms with E-state index in [9.17, 15) is 5.11 Å². The van der Waals surface area contributed by atoms with Gasteiger partial charge in [-0.3, -0.25) is 0 Å². The first kappa shape index (κ1) is 19.8. The lowest BCUT2D eigenvalue weighted by atomic mass is 10.2. The standard InChI is InChI=1S/C18H22ClNO2.ClH/c1-2-17(12-21)20-11-15-4-3-5-18(10-15)22-13-14-6-8-16(19)9-7-14;/h3-10,17,20-21H,2,11-13H2,1H3;1H. The molecule has 23 heavy (non-hydrogen) atoms. The fraction of sp³-hybridized carbons (Fsp3) is 0.333. The molecule has 0 heterocycles. The number of halogens is 2. The summed E-state index contributed by atoms with van der Waals surface area (Å²) >= 11 is 5.87. The predicted octanol–water partition coefficient (Wildman–Crippen LogP) is 4.20. The second-order valence-corrected chi connectivity index (χ2v) is 5.67. The van der Waals surface area contributed by atoms with Gasteiger partial charge in [-0.25, -0.2) is 0 Å². The predicted molar refractivity (Wildman–Crippen MR) is 97.5 cm³/mol. The summed E-state index contributed by atoms with van der Waals surface area (Å²) in [6.45, 7) is 3.45. The van der Waals surface area contributed by atoms with Gasteiger partial charge in [0.2, 0.25) is 0 Å². The Morgan fingerprint density at radius 2 is 1.87 bits per heavy atom. The summed E-state index contributed by atoms with van der Waals surface area (Å²) in [5.41, 5.74) is 2.22. The molecule has 1 atom stereocenters. The fourth-order valence-corrected chi connectivity index (χ4v) is 2.22. The molecule has 2 N–H and O–H groups in total. The van der Waals surface area contributed by atoms with Crippen LogP contribution in [-0.4, -0.2) is 17.8 Å². The molecule has 2 rings (SSSR count). The molecule has 2 aromatic rings. The molecule has 0 fully saturated rings. The highest BCUT2D eigenvalue weighted by Crippen LogP contribution is 2.16. The summed E-state index contributed by atoms with van der Waals surface area (Å²) in [6.07, 6.45) is 0.906. The molecule has 1 unspecified atom stereocenters. The van der Waals surface area contributed by atoms with Crippen molar-refractivity contribution >= 4 is 24.0 Å². The normalized spacial score (nSPS) is 11.6. The largest absolute Gasteiger partial charge is 0.489 e. The molecule has 0 saturated carbocycles. The van der Waals surface area contributed by atoms with Crippen LogP contribution in [0.3, 0.4) is 0 Å². The molecule has 0 radical (unpaired) electrons. The molecule has 126 valence electrons. The minimum Gasteiger partial charge on any atom is -0.489 e. The zero-order chi connectivity index (χ0) is 15.8. The SMILES string of the molecule is CCC(CO)NCc1cccc(OCc2ccc(Cl)cc2)c1.Cl. The number of ether oxygens (including phenoxy) is 1. The maximum atomic E-state index is 9.19. The fourth-order valence-electron chi connectivity index (χ4n) is 2.09. The van der Waals surface area contributed by atoms with Gasteiger partial charge in [0.1, 0.15) is 12.4 Å². The molecule has 5 heteroatoms. The Balaban J connectivity index is 0.00000264. The van der Waals surface area contributed by atoms with Crippen LogP contribution < -0.4 is 10.1 Å². The minimum absolute atomic E-state index is 0. The first-order chi connectivity index (χ1) is 10.7. The highest BCUT2D eigenvalue weighted by atomic mass is 35.5. The Hall–Kier alpha value is -1.26. The third-order valence-corrected chi connectivity index (χ3v) is 3.78. The van der Waals surface area contributed by atoms with Gasteiger partial charge in [-0.1, -0.05) is 42.8 Å². The second kappa shape index (κ2) is 10.5. The first-order valence-electron chi connectivity index (χ1n) is 7.51. The van der Waals surface area contributed by atoms with Crippen molar-refractivity contribution in [2.45, 2.75) is 32.5 Å².